The largest absolute Gasteiger partial charge is 0.405 e. The molecule has 1 saturated carbocycles. The number of rotatable bonds is 10. The summed E-state index contributed by atoms with van der Waals surface area (Å²) in [6.07, 6.45) is 7.53. The molecule has 2 N–H and O–H groups in total. The highest BCUT2D eigenvalue weighted by molar-refractivity contribution is 6.01. The number of hydrogen-bond donors (Lipinski definition) is 2. The highest BCUT2D eigenvalue weighted by atomic mass is 19.4. The molecule has 0 spiro atoms. The van der Waals surface area contributed by atoms with Crippen LogP contribution in [0.5, 0.6) is 0 Å². The number of carbonyl (C=O) groups excluding carboxylic acids is 2. The molecule has 2 unspecified atom stereocenters. The van der Waals surface area contributed by atoms with Crippen molar-refractivity contribution in [2.75, 3.05) is 6.54 Å². The standard InChI is InChI=1S/C41H44F3N3O2/c42-41(43,44)28-46-39(49)40(35-23-7-5-19-31(35)32-20-6-8-24-36(32)40)26-11-9-15-29-14-1-2-17-30(18-13-16-29)47-38(48)34-22-4-3-21-33(34)37-25-10-12-27-45-37/h3-8,10,12,19-25,27,29-30H,1-2,9,11,13-18,26,28H2,(H,46,49)(H,47,48). The maximum Gasteiger partial charge on any atom is 0.405 e. The van der Waals surface area contributed by atoms with Gasteiger partial charge in [-0.25, -0.2) is 0 Å². The molecule has 2 amide bonds. The number of carbonyl (C=O) groups is 2. The minimum Gasteiger partial charge on any atom is -0.349 e. The van der Waals surface area contributed by atoms with Crippen LogP contribution in [0, 0.1) is 5.92 Å². The minimum absolute atomic E-state index is 0.0645. The van der Waals surface area contributed by atoms with E-state index in [4.69, 9.17) is 0 Å². The van der Waals surface area contributed by atoms with Crippen LogP contribution in [0.1, 0.15) is 92.1 Å². The van der Waals surface area contributed by atoms with Crippen molar-refractivity contribution in [3.05, 3.63) is 114 Å². The summed E-state index contributed by atoms with van der Waals surface area (Å²) in [6, 6.07) is 28.7. The van der Waals surface area contributed by atoms with Gasteiger partial charge in [0.05, 0.1) is 5.69 Å². The zero-order valence-corrected chi connectivity index (χ0v) is 27.8. The van der Waals surface area contributed by atoms with Gasteiger partial charge in [-0.1, -0.05) is 124 Å². The summed E-state index contributed by atoms with van der Waals surface area (Å²) in [6.45, 7) is -1.35. The van der Waals surface area contributed by atoms with Gasteiger partial charge in [-0.3, -0.25) is 14.6 Å². The van der Waals surface area contributed by atoms with E-state index < -0.39 is 24.0 Å². The Kier molecular flexibility index (Phi) is 10.8. The van der Waals surface area contributed by atoms with Crippen LogP contribution in [0.4, 0.5) is 13.2 Å². The van der Waals surface area contributed by atoms with E-state index in [-0.39, 0.29) is 11.9 Å². The number of nitrogens with zero attached hydrogens (tertiary/aromatic N) is 1. The van der Waals surface area contributed by atoms with Gasteiger partial charge < -0.3 is 10.6 Å². The molecule has 0 radical (unpaired) electrons. The molecule has 256 valence electrons. The zero-order chi connectivity index (χ0) is 34.3. The van der Waals surface area contributed by atoms with Gasteiger partial charge >= 0.3 is 6.18 Å². The molecule has 0 aliphatic heterocycles. The van der Waals surface area contributed by atoms with Crippen LogP contribution in [0.2, 0.25) is 0 Å². The van der Waals surface area contributed by atoms with Crippen molar-refractivity contribution in [2.45, 2.75) is 88.3 Å². The topological polar surface area (TPSA) is 71.1 Å². The highest BCUT2D eigenvalue weighted by Gasteiger charge is 2.49. The van der Waals surface area contributed by atoms with Gasteiger partial charge in [0.15, 0.2) is 0 Å². The van der Waals surface area contributed by atoms with Crippen molar-refractivity contribution >= 4 is 11.8 Å². The Hall–Kier alpha value is -4.46. The average Bonchev–Trinajstić information content (AvgIpc) is 3.46. The molecule has 0 bridgehead atoms. The quantitative estimate of drug-likeness (QED) is 0.166. The molecule has 5 nitrogen and oxygen atoms in total. The summed E-state index contributed by atoms with van der Waals surface area (Å²) in [4.78, 5) is 31.7. The smallest absolute Gasteiger partial charge is 0.349 e. The lowest BCUT2D eigenvalue weighted by molar-refractivity contribution is -0.141. The monoisotopic (exact) mass is 667 g/mol. The number of halogens is 3. The first-order chi connectivity index (χ1) is 23.8. The SMILES string of the molecule is O=C(NC1CCCCC(CCCCC2(C(=O)NCC(F)(F)F)c3ccccc3-c3ccccc32)CCC1)c1ccccc1-c1ccccn1. The van der Waals surface area contributed by atoms with E-state index in [1.807, 2.05) is 91.0 Å². The number of pyridine rings is 1. The van der Waals surface area contributed by atoms with E-state index in [1.54, 1.807) is 6.20 Å². The molecular weight excluding hydrogens is 623 g/mol. The first-order valence-corrected chi connectivity index (χ1v) is 17.6. The third-order valence-corrected chi connectivity index (χ3v) is 10.3. The fraction of sp³-hybridized carbons (Fsp3) is 0.390. The third kappa shape index (κ3) is 7.90. The summed E-state index contributed by atoms with van der Waals surface area (Å²) in [5.74, 6) is -0.108. The third-order valence-electron chi connectivity index (χ3n) is 10.3. The van der Waals surface area contributed by atoms with Crippen LogP contribution < -0.4 is 10.6 Å². The van der Waals surface area contributed by atoms with Crippen LogP contribution in [0.15, 0.2) is 97.2 Å². The van der Waals surface area contributed by atoms with E-state index in [9.17, 15) is 22.8 Å². The predicted octanol–water partition coefficient (Wildman–Crippen LogP) is 9.41. The number of alkyl halides is 3. The second-order valence-corrected chi connectivity index (χ2v) is 13.6. The molecular formula is C41H44F3N3O2. The van der Waals surface area contributed by atoms with Crippen molar-refractivity contribution in [1.29, 1.82) is 0 Å². The van der Waals surface area contributed by atoms with Crippen molar-refractivity contribution < 1.29 is 22.8 Å². The Morgan fingerprint density at radius 1 is 0.735 bits per heavy atom. The number of aromatic nitrogens is 1. The van der Waals surface area contributed by atoms with E-state index in [0.717, 1.165) is 97.7 Å². The summed E-state index contributed by atoms with van der Waals surface area (Å²) >= 11 is 0. The number of benzene rings is 3. The Morgan fingerprint density at radius 2 is 1.35 bits per heavy atom. The van der Waals surface area contributed by atoms with E-state index in [2.05, 4.69) is 15.6 Å². The number of fused-ring (bicyclic) bond motifs is 3. The Balaban J connectivity index is 1.07. The van der Waals surface area contributed by atoms with Gasteiger partial charge in [0.2, 0.25) is 5.91 Å². The number of hydrogen-bond acceptors (Lipinski definition) is 3. The number of amides is 2. The van der Waals surface area contributed by atoms with Crippen molar-refractivity contribution in [3.63, 3.8) is 0 Å². The zero-order valence-electron chi connectivity index (χ0n) is 27.8. The predicted molar refractivity (Wildman–Crippen MR) is 187 cm³/mol. The van der Waals surface area contributed by atoms with Crippen LogP contribution in [-0.4, -0.2) is 35.6 Å². The lowest BCUT2D eigenvalue weighted by atomic mass is 9.73. The summed E-state index contributed by atoms with van der Waals surface area (Å²) in [5.41, 5.74) is 4.49. The molecule has 2 aliphatic carbocycles. The summed E-state index contributed by atoms with van der Waals surface area (Å²) < 4.78 is 39.7. The van der Waals surface area contributed by atoms with Gasteiger partial charge in [-0.2, -0.15) is 13.2 Å². The van der Waals surface area contributed by atoms with Gasteiger partial charge in [0.25, 0.3) is 5.91 Å². The minimum atomic E-state index is -4.49. The molecule has 8 heteroatoms. The molecule has 1 fully saturated rings. The van der Waals surface area contributed by atoms with Gasteiger partial charge in [0.1, 0.15) is 12.0 Å². The lowest BCUT2D eigenvalue weighted by Gasteiger charge is -2.31. The molecule has 6 rings (SSSR count). The van der Waals surface area contributed by atoms with Gasteiger partial charge in [0, 0.05) is 23.4 Å². The van der Waals surface area contributed by atoms with Crippen molar-refractivity contribution in [3.8, 4) is 22.4 Å². The van der Waals surface area contributed by atoms with Crippen LogP contribution in [-0.2, 0) is 10.2 Å². The maximum atomic E-state index is 13.8. The van der Waals surface area contributed by atoms with Crippen molar-refractivity contribution in [2.24, 2.45) is 5.92 Å². The second kappa shape index (κ2) is 15.4. The highest BCUT2D eigenvalue weighted by Crippen LogP contribution is 2.51. The van der Waals surface area contributed by atoms with E-state index in [1.165, 1.54) is 0 Å². The second-order valence-electron chi connectivity index (χ2n) is 13.6. The summed E-state index contributed by atoms with van der Waals surface area (Å²) in [7, 11) is 0. The van der Waals surface area contributed by atoms with Crippen LogP contribution >= 0.6 is 0 Å². The molecule has 0 saturated heterocycles. The molecule has 3 aromatic carbocycles. The van der Waals surface area contributed by atoms with Crippen LogP contribution in [0.25, 0.3) is 22.4 Å². The van der Waals surface area contributed by atoms with E-state index >= 15 is 0 Å². The molecule has 49 heavy (non-hydrogen) atoms. The normalized spacial score (nSPS) is 18.7. The average molecular weight is 668 g/mol. The fourth-order valence-electron chi connectivity index (χ4n) is 8.00. The van der Waals surface area contributed by atoms with E-state index in [0.29, 0.717) is 17.9 Å². The molecule has 1 heterocycles. The molecule has 2 aliphatic rings. The fourth-order valence-corrected chi connectivity index (χ4v) is 8.00. The van der Waals surface area contributed by atoms with Crippen LogP contribution in [0.3, 0.4) is 0 Å². The van der Waals surface area contributed by atoms with Gasteiger partial charge in [-0.05, 0) is 65.6 Å². The van der Waals surface area contributed by atoms with Gasteiger partial charge in [-0.15, -0.1) is 0 Å². The van der Waals surface area contributed by atoms with Crippen molar-refractivity contribution in [1.82, 2.24) is 15.6 Å². The Bertz CT molecular complexity index is 1690. The lowest BCUT2D eigenvalue weighted by Crippen LogP contribution is -2.47. The Morgan fingerprint density at radius 3 is 2.04 bits per heavy atom. The Labute approximate surface area is 286 Å². The first kappa shape index (κ1) is 34.4. The number of unbranched alkanes of at least 4 members (excludes halogenated alkanes) is 1. The first-order valence-electron chi connectivity index (χ1n) is 17.6. The number of nitrogens with one attached hydrogen (secondary N) is 2. The summed E-state index contributed by atoms with van der Waals surface area (Å²) in [5, 5.41) is 5.56. The molecule has 4 aromatic rings. The maximum absolute atomic E-state index is 13.8. The molecule has 1 aromatic heterocycles. The molecule has 2 atom stereocenters.